The highest BCUT2D eigenvalue weighted by Crippen LogP contribution is 2.51. The van der Waals surface area contributed by atoms with E-state index in [2.05, 4.69) is 229 Å². The second kappa shape index (κ2) is 14.7. The van der Waals surface area contributed by atoms with E-state index < -0.39 is 0 Å². The molecule has 0 saturated carbocycles. The van der Waals surface area contributed by atoms with Crippen molar-refractivity contribution in [2.75, 3.05) is 4.90 Å². The molecule has 56 heavy (non-hydrogen) atoms. The van der Waals surface area contributed by atoms with Gasteiger partial charge in [0, 0.05) is 26.7 Å². The molecule has 2 heteroatoms. The summed E-state index contributed by atoms with van der Waals surface area (Å²) in [5.41, 5.74) is 15.3. The molecule has 0 N–H and O–H groups in total. The Balaban J connectivity index is 1.22. The molecule has 0 spiro atoms. The third-order valence-corrected chi connectivity index (χ3v) is 11.9. The van der Waals surface area contributed by atoms with E-state index in [0.29, 0.717) is 0 Å². The minimum absolute atomic E-state index is 1.10. The first-order valence-corrected chi connectivity index (χ1v) is 19.9. The maximum Gasteiger partial charge on any atom is 0.0640 e. The summed E-state index contributed by atoms with van der Waals surface area (Å²) in [6.07, 6.45) is 0. The Morgan fingerprint density at radius 2 is 0.786 bits per heavy atom. The average Bonchev–Trinajstić information content (AvgIpc) is 3.67. The van der Waals surface area contributed by atoms with Crippen LogP contribution >= 0.6 is 11.3 Å². The monoisotopic (exact) mass is 731 g/mol. The van der Waals surface area contributed by atoms with Crippen molar-refractivity contribution in [3.63, 3.8) is 0 Å². The van der Waals surface area contributed by atoms with Crippen LogP contribution in [-0.2, 0) is 0 Å². The lowest BCUT2D eigenvalue weighted by atomic mass is 9.87. The largest absolute Gasteiger partial charge is 0.308 e. The molecular weight excluding hydrogens is 695 g/mol. The summed E-state index contributed by atoms with van der Waals surface area (Å²) < 4.78 is 2.55. The van der Waals surface area contributed by atoms with Crippen LogP contribution in [0.2, 0.25) is 0 Å². The van der Waals surface area contributed by atoms with Crippen molar-refractivity contribution in [2.45, 2.75) is 0 Å². The van der Waals surface area contributed by atoms with Gasteiger partial charge in [-0.3, -0.25) is 0 Å². The molecule has 0 amide bonds. The SMILES string of the molecule is c1ccc(-c2cccc(-c3ccc(N(c4cccc(-c5ccccc5)c4-c4ccccc4-c4ccccc4)c4cccc5c4sc4ccccc45)cc3)c2)cc1. The van der Waals surface area contributed by atoms with Crippen molar-refractivity contribution in [3.8, 4) is 55.6 Å². The molecule has 1 aromatic heterocycles. The highest BCUT2D eigenvalue weighted by molar-refractivity contribution is 7.26. The summed E-state index contributed by atoms with van der Waals surface area (Å²) in [7, 11) is 0. The van der Waals surface area contributed by atoms with Crippen LogP contribution in [0.3, 0.4) is 0 Å². The fourth-order valence-corrected chi connectivity index (χ4v) is 9.27. The summed E-state index contributed by atoms with van der Waals surface area (Å²) >= 11 is 1.87. The third-order valence-electron chi connectivity index (χ3n) is 10.7. The van der Waals surface area contributed by atoms with Crippen LogP contribution in [0.25, 0.3) is 75.8 Å². The average molecular weight is 732 g/mol. The molecular formula is C54H37NS. The fraction of sp³-hybridized carbons (Fsp3) is 0. The fourth-order valence-electron chi connectivity index (χ4n) is 8.07. The van der Waals surface area contributed by atoms with Gasteiger partial charge in [0.2, 0.25) is 0 Å². The van der Waals surface area contributed by atoms with E-state index in [1.54, 1.807) is 0 Å². The first kappa shape index (κ1) is 33.6. The predicted octanol–water partition coefficient (Wildman–Crippen LogP) is 15.9. The smallest absolute Gasteiger partial charge is 0.0640 e. The summed E-state index contributed by atoms with van der Waals surface area (Å²) in [4.78, 5) is 2.49. The van der Waals surface area contributed by atoms with Gasteiger partial charge in [-0.1, -0.05) is 188 Å². The molecule has 0 unspecified atom stereocenters. The van der Waals surface area contributed by atoms with Crippen LogP contribution in [0.15, 0.2) is 224 Å². The van der Waals surface area contributed by atoms with E-state index in [4.69, 9.17) is 0 Å². The Labute approximate surface area is 332 Å². The Morgan fingerprint density at radius 3 is 1.50 bits per heavy atom. The van der Waals surface area contributed by atoms with E-state index in [1.165, 1.54) is 75.8 Å². The van der Waals surface area contributed by atoms with E-state index in [-0.39, 0.29) is 0 Å². The van der Waals surface area contributed by atoms with E-state index >= 15 is 0 Å². The number of nitrogens with zero attached hydrogens (tertiary/aromatic N) is 1. The zero-order valence-electron chi connectivity index (χ0n) is 30.7. The predicted molar refractivity (Wildman–Crippen MR) is 241 cm³/mol. The molecule has 0 saturated heterocycles. The van der Waals surface area contributed by atoms with Crippen molar-refractivity contribution in [3.05, 3.63) is 224 Å². The molecule has 0 radical (unpaired) electrons. The summed E-state index contributed by atoms with van der Waals surface area (Å²) in [5, 5.41) is 2.56. The molecule has 0 aliphatic carbocycles. The van der Waals surface area contributed by atoms with Crippen LogP contribution in [0.5, 0.6) is 0 Å². The summed E-state index contributed by atoms with van der Waals surface area (Å²) in [6.45, 7) is 0. The van der Waals surface area contributed by atoms with Crippen LogP contribution in [-0.4, -0.2) is 0 Å². The van der Waals surface area contributed by atoms with Crippen LogP contribution in [0, 0.1) is 0 Å². The normalized spacial score (nSPS) is 11.2. The summed E-state index contributed by atoms with van der Waals surface area (Å²) in [6, 6.07) is 81.4. The van der Waals surface area contributed by atoms with Gasteiger partial charge in [-0.15, -0.1) is 11.3 Å². The number of hydrogen-bond acceptors (Lipinski definition) is 2. The molecule has 0 fully saturated rings. The maximum absolute atomic E-state index is 2.49. The topological polar surface area (TPSA) is 3.24 Å². The zero-order chi connectivity index (χ0) is 37.3. The van der Waals surface area contributed by atoms with Crippen LogP contribution < -0.4 is 4.90 Å². The molecule has 0 atom stereocenters. The number of thiophene rings is 1. The van der Waals surface area contributed by atoms with Gasteiger partial charge in [-0.25, -0.2) is 0 Å². The van der Waals surface area contributed by atoms with Crippen molar-refractivity contribution in [1.29, 1.82) is 0 Å². The molecule has 0 aliphatic heterocycles. The standard InChI is InChI=1S/C54H37NS/c1-4-17-38(18-5-1)42-23-14-24-43(37-42)39-33-35-44(36-34-39)55(51-31-16-29-49-47-26-12-13-32-52(47)56-54(49)51)50-30-15-28-46(41-21-8-3-9-22-41)53(50)48-27-11-10-25-45(48)40-19-6-2-7-20-40/h1-37H. The van der Waals surface area contributed by atoms with Crippen molar-refractivity contribution in [1.82, 2.24) is 0 Å². The highest BCUT2D eigenvalue weighted by atomic mass is 32.1. The molecule has 10 aromatic rings. The van der Waals surface area contributed by atoms with Gasteiger partial charge in [0.15, 0.2) is 0 Å². The van der Waals surface area contributed by atoms with Crippen LogP contribution in [0.4, 0.5) is 17.1 Å². The van der Waals surface area contributed by atoms with Gasteiger partial charge in [-0.05, 0) is 86.5 Å². The zero-order valence-corrected chi connectivity index (χ0v) is 31.5. The lowest BCUT2D eigenvalue weighted by Crippen LogP contribution is -2.12. The second-order valence-electron chi connectivity index (χ2n) is 14.1. The maximum atomic E-state index is 2.49. The van der Waals surface area contributed by atoms with E-state index in [1.807, 2.05) is 11.3 Å². The Bertz CT molecular complexity index is 2950. The Morgan fingerprint density at radius 1 is 0.304 bits per heavy atom. The molecule has 10 rings (SSSR count). The van der Waals surface area contributed by atoms with E-state index in [0.717, 1.165) is 17.1 Å². The molecule has 0 bridgehead atoms. The number of anilines is 3. The Kier molecular flexibility index (Phi) is 8.79. The quantitative estimate of drug-likeness (QED) is 0.150. The van der Waals surface area contributed by atoms with Crippen molar-refractivity contribution >= 4 is 48.6 Å². The molecule has 0 aliphatic rings. The molecule has 264 valence electrons. The lowest BCUT2D eigenvalue weighted by Gasteiger charge is -2.30. The minimum Gasteiger partial charge on any atom is -0.308 e. The van der Waals surface area contributed by atoms with Gasteiger partial charge >= 0.3 is 0 Å². The summed E-state index contributed by atoms with van der Waals surface area (Å²) in [5.74, 6) is 0. The number of rotatable bonds is 8. The number of hydrogen-bond donors (Lipinski definition) is 0. The van der Waals surface area contributed by atoms with Gasteiger partial charge in [0.25, 0.3) is 0 Å². The molecule has 1 heterocycles. The van der Waals surface area contributed by atoms with Crippen LogP contribution in [0.1, 0.15) is 0 Å². The minimum atomic E-state index is 1.10. The van der Waals surface area contributed by atoms with Gasteiger partial charge in [0.05, 0.1) is 16.1 Å². The third kappa shape index (κ3) is 6.17. The van der Waals surface area contributed by atoms with Gasteiger partial charge in [0.1, 0.15) is 0 Å². The molecule has 1 nitrogen and oxygen atoms in total. The Hall–Kier alpha value is -7.00. The van der Waals surface area contributed by atoms with Crippen molar-refractivity contribution in [2.24, 2.45) is 0 Å². The first-order chi connectivity index (χ1) is 27.8. The number of benzene rings is 9. The lowest BCUT2D eigenvalue weighted by molar-refractivity contribution is 1.30. The molecule has 9 aromatic carbocycles. The highest BCUT2D eigenvalue weighted by Gasteiger charge is 2.24. The van der Waals surface area contributed by atoms with E-state index in [9.17, 15) is 0 Å². The second-order valence-corrected chi connectivity index (χ2v) is 15.1. The van der Waals surface area contributed by atoms with Gasteiger partial charge in [-0.2, -0.15) is 0 Å². The van der Waals surface area contributed by atoms with Gasteiger partial charge < -0.3 is 4.90 Å². The van der Waals surface area contributed by atoms with Crippen molar-refractivity contribution < 1.29 is 0 Å². The number of fused-ring (bicyclic) bond motifs is 3. The first-order valence-electron chi connectivity index (χ1n) is 19.1.